The number of nitrogens with one attached hydrogen (secondary N) is 1. The topological polar surface area (TPSA) is 73.2 Å². The summed E-state index contributed by atoms with van der Waals surface area (Å²) in [5.74, 6) is -0.105. The minimum absolute atomic E-state index is 0.0306. The van der Waals surface area contributed by atoms with Crippen LogP contribution < -0.4 is 10.2 Å². The maximum Gasteiger partial charge on any atom is 0.240 e. The highest BCUT2D eigenvalue weighted by molar-refractivity contribution is 5.95. The fraction of sp³-hybridized carbons (Fsp3) is 0.400. The molecule has 1 aliphatic rings. The van der Waals surface area contributed by atoms with E-state index in [0.717, 1.165) is 30.6 Å². The maximum atomic E-state index is 11.7. The van der Waals surface area contributed by atoms with Crippen molar-refractivity contribution >= 4 is 17.4 Å². The Kier molecular flexibility index (Phi) is 4.36. The molecule has 0 unspecified atom stereocenters. The van der Waals surface area contributed by atoms with Crippen molar-refractivity contribution in [3.8, 4) is 6.07 Å². The second-order valence-corrected chi connectivity index (χ2v) is 4.86. The number of benzene rings is 1. The molecule has 1 aromatic carbocycles. The molecule has 5 nitrogen and oxygen atoms in total. The van der Waals surface area contributed by atoms with Crippen LogP contribution in [0.5, 0.6) is 0 Å². The third-order valence-electron chi connectivity index (χ3n) is 3.40. The zero-order valence-corrected chi connectivity index (χ0v) is 11.5. The number of nitrogens with zero attached hydrogens (tertiary/aromatic N) is 2. The van der Waals surface area contributed by atoms with Crippen molar-refractivity contribution in [2.45, 2.75) is 19.8 Å². The van der Waals surface area contributed by atoms with Gasteiger partial charge in [-0.05, 0) is 43.5 Å². The van der Waals surface area contributed by atoms with Crippen LogP contribution in [0.15, 0.2) is 18.2 Å². The van der Waals surface area contributed by atoms with E-state index in [-0.39, 0.29) is 24.8 Å². The van der Waals surface area contributed by atoms with Crippen LogP contribution in [0.2, 0.25) is 0 Å². The molecule has 0 fully saturated rings. The lowest BCUT2D eigenvalue weighted by Crippen LogP contribution is -2.40. The van der Waals surface area contributed by atoms with E-state index in [1.807, 2.05) is 23.1 Å². The van der Waals surface area contributed by atoms with Gasteiger partial charge in [0.2, 0.25) is 5.91 Å². The molecule has 0 radical (unpaired) electrons. The van der Waals surface area contributed by atoms with Gasteiger partial charge in [0.1, 0.15) is 6.54 Å². The second-order valence-electron chi connectivity index (χ2n) is 4.86. The summed E-state index contributed by atoms with van der Waals surface area (Å²) < 4.78 is 0. The number of aryl methyl sites for hydroxylation is 1. The fourth-order valence-corrected chi connectivity index (χ4v) is 2.43. The largest absolute Gasteiger partial charge is 0.362 e. The molecular weight excluding hydrogens is 254 g/mol. The van der Waals surface area contributed by atoms with Gasteiger partial charge in [-0.2, -0.15) is 5.26 Å². The standard InChI is InChI=1S/C15H17N3O2/c1-11(19)12-4-5-14-13(9-12)3-2-8-18(14)10-15(20)17-7-6-16/h4-5,9H,2-3,7-8,10H2,1H3,(H,17,20). The first-order valence-electron chi connectivity index (χ1n) is 6.64. The Bertz CT molecular complexity index is 575. The number of hydrogen-bond acceptors (Lipinski definition) is 4. The molecule has 0 saturated heterocycles. The van der Waals surface area contributed by atoms with Crippen molar-refractivity contribution in [3.05, 3.63) is 29.3 Å². The molecule has 20 heavy (non-hydrogen) atoms. The number of hydrogen-bond donors (Lipinski definition) is 1. The number of nitriles is 1. The van der Waals surface area contributed by atoms with E-state index in [0.29, 0.717) is 5.56 Å². The number of carbonyl (C=O) groups is 2. The summed E-state index contributed by atoms with van der Waals surface area (Å²) in [5, 5.41) is 11.0. The maximum absolute atomic E-state index is 11.7. The Morgan fingerprint density at radius 3 is 2.95 bits per heavy atom. The lowest BCUT2D eigenvalue weighted by Gasteiger charge is -2.30. The summed E-state index contributed by atoms with van der Waals surface area (Å²) in [6, 6.07) is 7.50. The van der Waals surface area contributed by atoms with Gasteiger partial charge < -0.3 is 10.2 Å². The van der Waals surface area contributed by atoms with Gasteiger partial charge in [0.25, 0.3) is 0 Å². The van der Waals surface area contributed by atoms with E-state index in [1.165, 1.54) is 0 Å². The van der Waals surface area contributed by atoms with Gasteiger partial charge in [-0.25, -0.2) is 0 Å². The minimum atomic E-state index is -0.157. The van der Waals surface area contributed by atoms with Crippen LogP contribution in [0.3, 0.4) is 0 Å². The molecule has 0 aliphatic carbocycles. The van der Waals surface area contributed by atoms with Crippen LogP contribution in [0.4, 0.5) is 5.69 Å². The van der Waals surface area contributed by atoms with Gasteiger partial charge in [-0.3, -0.25) is 9.59 Å². The first kappa shape index (κ1) is 14.1. The molecule has 0 bridgehead atoms. The first-order valence-corrected chi connectivity index (χ1v) is 6.64. The molecule has 1 amide bonds. The highest BCUT2D eigenvalue weighted by Gasteiger charge is 2.19. The van der Waals surface area contributed by atoms with Gasteiger partial charge in [-0.15, -0.1) is 0 Å². The summed E-state index contributed by atoms with van der Waals surface area (Å²) in [6.07, 6.45) is 1.88. The van der Waals surface area contributed by atoms with Gasteiger partial charge in [-0.1, -0.05) is 0 Å². The summed E-state index contributed by atoms with van der Waals surface area (Å²) in [6.45, 7) is 2.64. The average Bonchev–Trinajstić information content (AvgIpc) is 2.44. The quantitative estimate of drug-likeness (QED) is 0.661. The van der Waals surface area contributed by atoms with Crippen molar-refractivity contribution in [2.24, 2.45) is 0 Å². The molecule has 5 heteroatoms. The van der Waals surface area contributed by atoms with Crippen molar-refractivity contribution in [1.82, 2.24) is 5.32 Å². The number of anilines is 1. The lowest BCUT2D eigenvalue weighted by molar-refractivity contribution is -0.119. The second kappa shape index (κ2) is 6.20. The predicted octanol–water partition coefficient (Wildman–Crippen LogP) is 1.28. The van der Waals surface area contributed by atoms with Crippen LogP contribution in [-0.4, -0.2) is 31.3 Å². The third-order valence-corrected chi connectivity index (χ3v) is 3.40. The van der Waals surface area contributed by atoms with Crippen LogP contribution in [0.1, 0.15) is 29.3 Å². The molecule has 1 N–H and O–H groups in total. The highest BCUT2D eigenvalue weighted by atomic mass is 16.2. The summed E-state index contributed by atoms with van der Waals surface area (Å²) in [5.41, 5.74) is 2.82. The number of ketones is 1. The minimum Gasteiger partial charge on any atom is -0.362 e. The zero-order valence-electron chi connectivity index (χ0n) is 11.5. The van der Waals surface area contributed by atoms with Gasteiger partial charge >= 0.3 is 0 Å². The van der Waals surface area contributed by atoms with Crippen molar-refractivity contribution in [2.75, 3.05) is 24.5 Å². The van der Waals surface area contributed by atoms with E-state index in [4.69, 9.17) is 5.26 Å². The third kappa shape index (κ3) is 3.15. The van der Waals surface area contributed by atoms with E-state index in [9.17, 15) is 9.59 Å². The molecule has 0 atom stereocenters. The van der Waals surface area contributed by atoms with Crippen LogP contribution in [0, 0.1) is 11.3 Å². The van der Waals surface area contributed by atoms with Gasteiger partial charge in [0.05, 0.1) is 12.6 Å². The molecule has 2 rings (SSSR count). The Morgan fingerprint density at radius 1 is 1.45 bits per heavy atom. The van der Waals surface area contributed by atoms with Crippen LogP contribution in [-0.2, 0) is 11.2 Å². The summed E-state index contributed by atoms with van der Waals surface area (Å²) in [7, 11) is 0. The molecule has 1 heterocycles. The molecule has 0 saturated carbocycles. The normalized spacial score (nSPS) is 13.3. The number of fused-ring (bicyclic) bond motifs is 1. The number of rotatable bonds is 4. The lowest BCUT2D eigenvalue weighted by atomic mass is 9.98. The first-order chi connectivity index (χ1) is 9.61. The summed E-state index contributed by atoms with van der Waals surface area (Å²) >= 11 is 0. The van der Waals surface area contributed by atoms with Gasteiger partial charge in [0, 0.05) is 17.8 Å². The van der Waals surface area contributed by atoms with E-state index >= 15 is 0 Å². The SMILES string of the molecule is CC(=O)c1ccc2c(c1)CCCN2CC(=O)NCC#N. The van der Waals surface area contributed by atoms with Crippen LogP contribution >= 0.6 is 0 Å². The molecule has 1 aromatic rings. The Morgan fingerprint density at radius 2 is 2.25 bits per heavy atom. The van der Waals surface area contributed by atoms with Crippen molar-refractivity contribution in [3.63, 3.8) is 0 Å². The van der Waals surface area contributed by atoms with Crippen LogP contribution in [0.25, 0.3) is 0 Å². The number of Topliss-reactive ketones (excluding diaryl/α,β-unsaturated/α-hetero) is 1. The fourth-order valence-electron chi connectivity index (χ4n) is 2.43. The van der Waals surface area contributed by atoms with E-state index in [2.05, 4.69) is 5.32 Å². The average molecular weight is 271 g/mol. The Balaban J connectivity index is 2.14. The molecular formula is C15H17N3O2. The van der Waals surface area contributed by atoms with E-state index < -0.39 is 0 Å². The number of carbonyl (C=O) groups excluding carboxylic acids is 2. The molecule has 104 valence electrons. The monoisotopic (exact) mass is 271 g/mol. The van der Waals surface area contributed by atoms with Crippen molar-refractivity contribution < 1.29 is 9.59 Å². The molecule has 1 aliphatic heterocycles. The number of amides is 1. The van der Waals surface area contributed by atoms with Crippen molar-refractivity contribution in [1.29, 1.82) is 5.26 Å². The van der Waals surface area contributed by atoms with E-state index in [1.54, 1.807) is 13.0 Å². The molecule has 0 spiro atoms. The molecule has 0 aromatic heterocycles. The Labute approximate surface area is 118 Å². The van der Waals surface area contributed by atoms with Gasteiger partial charge in [0.15, 0.2) is 5.78 Å². The smallest absolute Gasteiger partial charge is 0.240 e. The highest BCUT2D eigenvalue weighted by Crippen LogP contribution is 2.27. The zero-order chi connectivity index (χ0) is 14.5. The summed E-state index contributed by atoms with van der Waals surface area (Å²) in [4.78, 5) is 25.1. The Hall–Kier alpha value is -2.35. The predicted molar refractivity (Wildman–Crippen MR) is 75.6 cm³/mol.